The van der Waals surface area contributed by atoms with Crippen molar-refractivity contribution in [3.8, 4) is 23.7 Å². The number of carbonyl (C=O) groups is 12. The van der Waals surface area contributed by atoms with Crippen molar-refractivity contribution in [2.75, 3.05) is 26.2 Å². The number of carbonyl (C=O) groups excluding carboxylic acids is 10. The Hall–Kier alpha value is -7.40. The highest BCUT2D eigenvalue weighted by Gasteiger charge is 2.36. The first-order chi connectivity index (χ1) is 47.2. The van der Waals surface area contributed by atoms with Crippen LogP contribution in [0.25, 0.3) is 0 Å². The Bertz CT molecular complexity index is 2470. The van der Waals surface area contributed by atoms with E-state index in [1.807, 2.05) is 83.1 Å². The Labute approximate surface area is 595 Å². The molecule has 0 unspecified atom stereocenters. The average molecular weight is 1410 g/mol. The SMILES string of the molecule is CC(C)C[C@H](NC(=O)[C@H](CCCCN)NC(=O)[C@H](CC(C)C)NC(=O)[C@H](CCCCN)NC(=O)[C@H](CC(C)C)NC(=O)CCCC#CC#CCCCC(=O)N[C@@H](CC(C)C)C(=O)N[C@@H](CCCCN)C(=O)N[C@@H](CC(C)C)C(=O)N[C@@H](CCCCN)C(=O)N[C@@H](CC(C)C)C(=O)O)C(=O)O. The molecule has 570 valence electrons. The molecular formula is C72H128N14O14. The van der Waals surface area contributed by atoms with E-state index in [9.17, 15) is 67.7 Å². The minimum Gasteiger partial charge on any atom is -0.480 e. The van der Waals surface area contributed by atoms with Crippen LogP contribution >= 0.6 is 0 Å². The highest BCUT2D eigenvalue weighted by Crippen LogP contribution is 2.16. The molecule has 0 aromatic heterocycles. The van der Waals surface area contributed by atoms with Crippen LogP contribution in [0, 0.1) is 59.2 Å². The monoisotopic (exact) mass is 1410 g/mol. The first-order valence-electron chi connectivity index (χ1n) is 36.4. The lowest BCUT2D eigenvalue weighted by Gasteiger charge is -2.28. The van der Waals surface area contributed by atoms with Crippen LogP contribution < -0.4 is 76.1 Å². The third-order valence-electron chi connectivity index (χ3n) is 16.0. The highest BCUT2D eigenvalue weighted by molar-refractivity contribution is 5.98. The second-order valence-corrected chi connectivity index (χ2v) is 28.6. The zero-order valence-electron chi connectivity index (χ0n) is 62.1. The van der Waals surface area contributed by atoms with Gasteiger partial charge in [0.05, 0.1) is 0 Å². The summed E-state index contributed by atoms with van der Waals surface area (Å²) in [6, 6.07) is -11.2. The van der Waals surface area contributed by atoms with E-state index in [1.165, 1.54) is 0 Å². The van der Waals surface area contributed by atoms with Gasteiger partial charge in [-0.1, -0.05) is 94.9 Å². The van der Waals surface area contributed by atoms with E-state index >= 15 is 0 Å². The highest BCUT2D eigenvalue weighted by atomic mass is 16.4. The Morgan fingerprint density at radius 1 is 0.270 bits per heavy atom. The molecule has 0 aromatic rings. The molecule has 28 heteroatoms. The molecular weight excluding hydrogens is 1280 g/mol. The smallest absolute Gasteiger partial charge is 0.326 e. The molecule has 0 spiro atoms. The van der Waals surface area contributed by atoms with Crippen LogP contribution in [0.1, 0.15) is 237 Å². The van der Waals surface area contributed by atoms with Gasteiger partial charge in [-0.15, -0.1) is 0 Å². The number of amides is 10. The number of unbranched alkanes of at least 4 members (excludes halogenated alkanes) is 6. The Morgan fingerprint density at radius 2 is 0.460 bits per heavy atom. The molecule has 20 N–H and O–H groups in total. The molecule has 100 heavy (non-hydrogen) atoms. The molecule has 0 bridgehead atoms. The second kappa shape index (κ2) is 53.5. The van der Waals surface area contributed by atoms with Gasteiger partial charge >= 0.3 is 11.9 Å². The fourth-order valence-corrected chi connectivity index (χ4v) is 10.8. The molecule has 0 radical (unpaired) electrons. The van der Waals surface area contributed by atoms with Crippen LogP contribution in [0.4, 0.5) is 0 Å². The molecule has 10 atom stereocenters. The second-order valence-electron chi connectivity index (χ2n) is 28.6. The summed E-state index contributed by atoms with van der Waals surface area (Å²) in [6.07, 6.45) is 7.16. The Balaban J connectivity index is 6.00. The Kier molecular flexibility index (Phi) is 49.5. The van der Waals surface area contributed by atoms with Crippen molar-refractivity contribution < 1.29 is 67.7 Å². The standard InChI is InChI=1S/C72H128N14O14/c1-45(2)39-55(67(93)79-51(29-21-25-35-73)63(89)83-57(41-47(5)6)69(95)81-53(31-23-27-37-75)65(91)85-59(71(97)98)43-49(9)10)77-61(87)33-19-17-15-13-14-16-18-20-34-62(88)78-56(40-46(3)4)68(94)80-52(30-22-26-36-74)64(90)84-58(42-48(7)8)70(96)82-54(32-24-28-38-76)66(92)86-60(72(99)100)44-50(11)12/h45-60H,17-44,73-76H2,1-12H3,(H,77,87)(H,78,88)(H,79,93)(H,80,94)(H,81,95)(H,82,96)(H,83,89)(H,84,90)(H,85,91)(H,86,92)(H,97,98)(H,99,100)/t51-,52-,53-,54-,55-,56-,57-,58-,59-,60-/m0/s1. The first-order valence-corrected chi connectivity index (χ1v) is 36.4. The predicted octanol–water partition coefficient (Wildman–Crippen LogP) is 3.14. The number of nitrogens with two attached hydrogens (primary N) is 4. The van der Waals surface area contributed by atoms with Gasteiger partial charge < -0.3 is 86.3 Å². The summed E-state index contributed by atoms with van der Waals surface area (Å²) in [5.41, 5.74) is 23.0. The first kappa shape index (κ1) is 92.6. The molecule has 0 aliphatic rings. The molecule has 0 saturated carbocycles. The number of hydrogen-bond donors (Lipinski definition) is 16. The maximum absolute atomic E-state index is 14.1. The average Bonchev–Trinajstić information content (AvgIpc) is 0.876. The lowest BCUT2D eigenvalue weighted by atomic mass is 9.99. The number of nitrogens with one attached hydrogen (secondary N) is 10. The van der Waals surface area contributed by atoms with E-state index in [2.05, 4.69) is 76.8 Å². The van der Waals surface area contributed by atoms with Gasteiger partial charge in [0.2, 0.25) is 59.1 Å². The normalized spacial score (nSPS) is 14.3. The van der Waals surface area contributed by atoms with Crippen LogP contribution in [0.15, 0.2) is 0 Å². The van der Waals surface area contributed by atoms with Crippen molar-refractivity contribution >= 4 is 71.0 Å². The fourth-order valence-electron chi connectivity index (χ4n) is 10.8. The van der Waals surface area contributed by atoms with E-state index in [0.717, 1.165) is 0 Å². The van der Waals surface area contributed by atoms with Gasteiger partial charge in [-0.2, -0.15) is 0 Å². The zero-order chi connectivity index (χ0) is 75.9. The van der Waals surface area contributed by atoms with Crippen LogP contribution in [0.2, 0.25) is 0 Å². The number of carboxylic acid groups (broad SMARTS) is 2. The van der Waals surface area contributed by atoms with Gasteiger partial charge in [0.1, 0.15) is 60.4 Å². The number of aliphatic carboxylic acids is 2. The summed E-state index contributed by atoms with van der Waals surface area (Å²) in [4.78, 5) is 162. The number of carboxylic acids is 2. The van der Waals surface area contributed by atoms with Crippen LogP contribution in [-0.2, 0) is 57.5 Å². The minimum absolute atomic E-state index is 0.0270. The van der Waals surface area contributed by atoms with Crippen molar-refractivity contribution in [3.63, 3.8) is 0 Å². The van der Waals surface area contributed by atoms with Crippen LogP contribution in [-0.4, -0.2) is 168 Å². The number of hydrogen-bond acceptors (Lipinski definition) is 16. The zero-order valence-corrected chi connectivity index (χ0v) is 62.1. The van der Waals surface area contributed by atoms with Gasteiger partial charge in [-0.05, 0) is 202 Å². The van der Waals surface area contributed by atoms with Crippen molar-refractivity contribution in [3.05, 3.63) is 0 Å². The van der Waals surface area contributed by atoms with Gasteiger partial charge in [0.25, 0.3) is 0 Å². The molecule has 0 rings (SSSR count). The quantitative estimate of drug-likeness (QED) is 0.0307. The largest absolute Gasteiger partial charge is 0.480 e. The van der Waals surface area contributed by atoms with Gasteiger partial charge in [-0.25, -0.2) is 9.59 Å². The topological polar surface area (TPSA) is 470 Å². The third kappa shape index (κ3) is 43.3. The molecule has 10 amide bonds. The maximum atomic E-state index is 14.1. The van der Waals surface area contributed by atoms with Crippen molar-refractivity contribution in [2.24, 2.45) is 58.4 Å². The summed E-state index contributed by atoms with van der Waals surface area (Å²) in [5.74, 6) is 2.56. The van der Waals surface area contributed by atoms with Crippen molar-refractivity contribution in [1.82, 2.24) is 53.2 Å². The Morgan fingerprint density at radius 3 is 0.670 bits per heavy atom. The van der Waals surface area contributed by atoms with Crippen molar-refractivity contribution in [1.29, 1.82) is 0 Å². The molecule has 0 aliphatic heterocycles. The summed E-state index contributed by atoms with van der Waals surface area (Å²) in [6.45, 7) is 23.6. The summed E-state index contributed by atoms with van der Waals surface area (Å²) < 4.78 is 0. The summed E-state index contributed by atoms with van der Waals surface area (Å²) in [7, 11) is 0. The van der Waals surface area contributed by atoms with Crippen LogP contribution in [0.3, 0.4) is 0 Å². The van der Waals surface area contributed by atoms with E-state index in [0.29, 0.717) is 103 Å². The van der Waals surface area contributed by atoms with E-state index in [4.69, 9.17) is 22.9 Å². The number of rotatable bonds is 54. The molecule has 0 heterocycles. The maximum Gasteiger partial charge on any atom is 0.326 e. The molecule has 28 nitrogen and oxygen atoms in total. The van der Waals surface area contributed by atoms with Gasteiger partial charge in [0.15, 0.2) is 0 Å². The minimum atomic E-state index is -1.21. The third-order valence-corrected chi connectivity index (χ3v) is 16.0. The summed E-state index contributed by atoms with van der Waals surface area (Å²) in [5, 5.41) is 47.1. The molecule has 0 aromatic carbocycles. The van der Waals surface area contributed by atoms with E-state index in [-0.39, 0.29) is 113 Å². The predicted molar refractivity (Wildman–Crippen MR) is 386 cm³/mol. The van der Waals surface area contributed by atoms with Gasteiger partial charge in [0, 0.05) is 25.7 Å². The van der Waals surface area contributed by atoms with E-state index < -0.39 is 131 Å². The van der Waals surface area contributed by atoms with Crippen molar-refractivity contribution in [2.45, 2.75) is 298 Å². The van der Waals surface area contributed by atoms with Gasteiger partial charge in [-0.3, -0.25) is 47.9 Å². The van der Waals surface area contributed by atoms with Crippen LogP contribution in [0.5, 0.6) is 0 Å². The molecule has 0 saturated heterocycles. The van der Waals surface area contributed by atoms with E-state index in [1.54, 1.807) is 0 Å². The fraction of sp³-hybridized carbons (Fsp3) is 0.778. The summed E-state index contributed by atoms with van der Waals surface area (Å²) >= 11 is 0. The lowest BCUT2D eigenvalue weighted by Crippen LogP contribution is -2.59. The molecule has 0 fully saturated rings. The molecule has 0 aliphatic carbocycles. The lowest BCUT2D eigenvalue weighted by molar-refractivity contribution is -0.143.